The number of aryl methyl sites for hydroxylation is 1. The molecule has 34 heavy (non-hydrogen) atoms. The molecule has 2 aromatic rings. The first-order chi connectivity index (χ1) is 16.1. The van der Waals surface area contributed by atoms with E-state index in [0.717, 1.165) is 37.7 Å². The van der Waals surface area contributed by atoms with E-state index < -0.39 is 15.9 Å². The lowest BCUT2D eigenvalue weighted by atomic mass is 10.0. The SMILES string of the molecule is CCCCCc1ccc(C/C=C(\C)CCC=C(C)C)c(O)c1S(=O)(=O)NC(=O)Cc1ncco1. The maximum absolute atomic E-state index is 13.2. The first-order valence-electron chi connectivity index (χ1n) is 11.7. The van der Waals surface area contributed by atoms with Crippen molar-refractivity contribution >= 4 is 15.9 Å². The van der Waals surface area contributed by atoms with E-state index in [9.17, 15) is 18.3 Å². The minimum Gasteiger partial charge on any atom is -0.506 e. The van der Waals surface area contributed by atoms with Gasteiger partial charge in [-0.05, 0) is 64.0 Å². The second kappa shape index (κ2) is 13.1. The highest BCUT2D eigenvalue weighted by Crippen LogP contribution is 2.32. The van der Waals surface area contributed by atoms with Gasteiger partial charge in [-0.25, -0.2) is 18.1 Å². The summed E-state index contributed by atoms with van der Waals surface area (Å²) in [5.41, 5.74) is 3.42. The van der Waals surface area contributed by atoms with Gasteiger partial charge in [-0.1, -0.05) is 55.2 Å². The topological polar surface area (TPSA) is 110 Å². The van der Waals surface area contributed by atoms with Gasteiger partial charge >= 0.3 is 0 Å². The molecular weight excluding hydrogens is 452 g/mol. The number of carbonyl (C=O) groups is 1. The van der Waals surface area contributed by atoms with Crippen LogP contribution in [0.25, 0.3) is 0 Å². The lowest BCUT2D eigenvalue weighted by Crippen LogP contribution is -2.32. The number of nitrogens with one attached hydrogen (secondary N) is 1. The van der Waals surface area contributed by atoms with Crippen molar-refractivity contribution in [3.05, 3.63) is 64.9 Å². The number of hydrogen-bond donors (Lipinski definition) is 2. The van der Waals surface area contributed by atoms with Crippen molar-refractivity contribution in [2.45, 2.75) is 84.0 Å². The van der Waals surface area contributed by atoms with Gasteiger partial charge in [0.05, 0.1) is 6.20 Å². The number of phenolic OH excluding ortho intramolecular Hbond substituents is 1. The molecule has 2 N–H and O–H groups in total. The number of aromatic nitrogens is 1. The van der Waals surface area contributed by atoms with Gasteiger partial charge in [-0.3, -0.25) is 4.79 Å². The molecule has 0 aliphatic carbocycles. The monoisotopic (exact) mass is 488 g/mol. The van der Waals surface area contributed by atoms with Gasteiger partial charge in [0.15, 0.2) is 0 Å². The summed E-state index contributed by atoms with van der Waals surface area (Å²) >= 11 is 0. The summed E-state index contributed by atoms with van der Waals surface area (Å²) < 4.78 is 33.4. The van der Waals surface area contributed by atoms with E-state index in [-0.39, 0.29) is 23.0 Å². The maximum Gasteiger partial charge on any atom is 0.268 e. The molecule has 2 rings (SSSR count). The van der Waals surface area contributed by atoms with E-state index in [1.807, 2.05) is 13.0 Å². The zero-order valence-corrected chi connectivity index (χ0v) is 21.4. The van der Waals surface area contributed by atoms with Crippen molar-refractivity contribution in [3.63, 3.8) is 0 Å². The molecule has 1 heterocycles. The molecule has 1 amide bonds. The summed E-state index contributed by atoms with van der Waals surface area (Å²) in [5.74, 6) is -0.969. The van der Waals surface area contributed by atoms with E-state index in [1.165, 1.54) is 18.0 Å². The number of carbonyl (C=O) groups excluding carboxylic acids is 1. The van der Waals surface area contributed by atoms with Gasteiger partial charge < -0.3 is 9.52 Å². The van der Waals surface area contributed by atoms with Crippen LogP contribution in [-0.4, -0.2) is 24.4 Å². The zero-order chi connectivity index (χ0) is 25.1. The Balaban J connectivity index is 2.30. The summed E-state index contributed by atoms with van der Waals surface area (Å²) in [5, 5.41) is 11.0. The third-order valence-corrected chi connectivity index (χ3v) is 6.91. The van der Waals surface area contributed by atoms with Crippen LogP contribution in [0.1, 0.15) is 76.8 Å². The molecule has 0 bridgehead atoms. The lowest BCUT2D eigenvalue weighted by Gasteiger charge is -2.15. The number of allylic oxidation sites excluding steroid dienone is 4. The van der Waals surface area contributed by atoms with Gasteiger partial charge in [0, 0.05) is 0 Å². The van der Waals surface area contributed by atoms with Crippen LogP contribution in [0.5, 0.6) is 5.75 Å². The van der Waals surface area contributed by atoms with Crippen molar-refractivity contribution in [2.24, 2.45) is 0 Å². The molecule has 0 saturated carbocycles. The van der Waals surface area contributed by atoms with E-state index in [0.29, 0.717) is 24.0 Å². The molecule has 186 valence electrons. The Morgan fingerprint density at radius 2 is 1.88 bits per heavy atom. The molecule has 1 aromatic heterocycles. The molecule has 0 fully saturated rings. The Kier molecular flexibility index (Phi) is 10.6. The molecular formula is C26H36N2O5S. The zero-order valence-electron chi connectivity index (χ0n) is 20.6. The number of benzene rings is 1. The fraction of sp³-hybridized carbons (Fsp3) is 0.462. The number of phenols is 1. The number of nitrogens with zero attached hydrogens (tertiary/aromatic N) is 1. The van der Waals surface area contributed by atoms with E-state index in [2.05, 4.69) is 36.6 Å². The molecule has 1 aromatic carbocycles. The minimum atomic E-state index is -4.29. The average Bonchev–Trinajstić information content (AvgIpc) is 3.25. The van der Waals surface area contributed by atoms with Crippen molar-refractivity contribution in [3.8, 4) is 5.75 Å². The highest BCUT2D eigenvalue weighted by atomic mass is 32.2. The van der Waals surface area contributed by atoms with Crippen LogP contribution in [0.3, 0.4) is 0 Å². The van der Waals surface area contributed by atoms with E-state index in [4.69, 9.17) is 4.42 Å². The quantitative estimate of drug-likeness (QED) is 0.289. The highest BCUT2D eigenvalue weighted by Gasteiger charge is 2.27. The molecule has 8 heteroatoms. The molecule has 0 spiro atoms. The van der Waals surface area contributed by atoms with Crippen molar-refractivity contribution in [2.75, 3.05) is 0 Å². The largest absolute Gasteiger partial charge is 0.506 e. The summed E-state index contributed by atoms with van der Waals surface area (Å²) in [6, 6.07) is 3.51. The maximum atomic E-state index is 13.2. The molecule has 0 aliphatic heterocycles. The fourth-order valence-electron chi connectivity index (χ4n) is 3.57. The van der Waals surface area contributed by atoms with Crippen molar-refractivity contribution in [1.29, 1.82) is 0 Å². The smallest absolute Gasteiger partial charge is 0.268 e. The minimum absolute atomic E-state index is 0.113. The molecule has 7 nitrogen and oxygen atoms in total. The van der Waals surface area contributed by atoms with E-state index >= 15 is 0 Å². The second-order valence-electron chi connectivity index (χ2n) is 8.72. The van der Waals surface area contributed by atoms with Crippen LogP contribution in [0.4, 0.5) is 0 Å². The number of aromatic hydroxyl groups is 1. The normalized spacial score (nSPS) is 11.9. The van der Waals surface area contributed by atoms with Crippen LogP contribution < -0.4 is 4.72 Å². The predicted molar refractivity (Wildman–Crippen MR) is 133 cm³/mol. The summed E-state index contributed by atoms with van der Waals surface area (Å²) in [6.45, 7) is 8.21. The van der Waals surface area contributed by atoms with Crippen LogP contribution in [-0.2, 0) is 34.1 Å². The Morgan fingerprint density at radius 3 is 2.53 bits per heavy atom. The third-order valence-electron chi connectivity index (χ3n) is 5.42. The van der Waals surface area contributed by atoms with Crippen LogP contribution in [0.15, 0.2) is 57.2 Å². The molecule has 0 saturated heterocycles. The molecule has 0 radical (unpaired) electrons. The molecule has 0 atom stereocenters. The van der Waals surface area contributed by atoms with Crippen LogP contribution in [0, 0.1) is 0 Å². The molecule has 0 unspecified atom stereocenters. The molecule has 0 aliphatic rings. The Bertz CT molecular complexity index is 1110. The summed E-state index contributed by atoms with van der Waals surface area (Å²) in [6.07, 6.45) is 12.0. The highest BCUT2D eigenvalue weighted by molar-refractivity contribution is 7.90. The van der Waals surface area contributed by atoms with Crippen molar-refractivity contribution in [1.82, 2.24) is 9.71 Å². The van der Waals surface area contributed by atoms with Crippen LogP contribution >= 0.6 is 0 Å². The lowest BCUT2D eigenvalue weighted by molar-refractivity contribution is -0.119. The van der Waals surface area contributed by atoms with Gasteiger partial charge in [0.2, 0.25) is 11.8 Å². The second-order valence-corrected chi connectivity index (χ2v) is 10.3. The van der Waals surface area contributed by atoms with Gasteiger partial charge in [-0.15, -0.1) is 0 Å². The van der Waals surface area contributed by atoms with Gasteiger partial charge in [0.1, 0.15) is 23.3 Å². The summed E-state index contributed by atoms with van der Waals surface area (Å²) in [7, 11) is -4.29. The summed E-state index contributed by atoms with van der Waals surface area (Å²) in [4.78, 5) is 16.0. The van der Waals surface area contributed by atoms with Crippen molar-refractivity contribution < 1.29 is 22.7 Å². The van der Waals surface area contributed by atoms with E-state index in [1.54, 1.807) is 12.1 Å². The Morgan fingerprint density at radius 1 is 1.15 bits per heavy atom. The predicted octanol–water partition coefficient (Wildman–Crippen LogP) is 5.40. The third kappa shape index (κ3) is 8.48. The first-order valence-corrected chi connectivity index (χ1v) is 13.2. The average molecular weight is 489 g/mol. The number of oxazole rings is 1. The number of sulfonamides is 1. The number of hydrogen-bond acceptors (Lipinski definition) is 6. The fourth-order valence-corrected chi connectivity index (χ4v) is 4.94. The number of amides is 1. The van der Waals surface area contributed by atoms with Crippen LogP contribution in [0.2, 0.25) is 0 Å². The number of rotatable bonds is 13. The van der Waals surface area contributed by atoms with Gasteiger partial charge in [-0.2, -0.15) is 0 Å². The Labute approximate surface area is 203 Å². The first kappa shape index (κ1) is 27.4. The standard InChI is InChI=1S/C26H36N2O5S/c1-5-6-7-11-22-15-14-21(13-12-20(4)10-8-9-19(2)3)25(30)26(22)34(31,32)28-23(29)18-24-27-16-17-33-24/h9,12,14-17,30H,5-8,10-11,13,18H2,1-4H3,(H,28,29)/b20-12+. The Hall–Kier alpha value is -2.87. The van der Waals surface area contributed by atoms with Gasteiger partial charge in [0.25, 0.3) is 10.0 Å². The number of unbranched alkanes of at least 4 members (excludes halogenated alkanes) is 2.